The number of nitro benzene ring substituents is 1. The molecule has 1 aliphatic heterocycles. The lowest BCUT2D eigenvalue weighted by Crippen LogP contribution is -2.29. The van der Waals surface area contributed by atoms with E-state index < -0.39 is 0 Å². The van der Waals surface area contributed by atoms with Gasteiger partial charge in [0.15, 0.2) is 5.11 Å². The molecule has 1 saturated heterocycles. The van der Waals surface area contributed by atoms with Crippen LogP contribution in [0.5, 0.6) is 0 Å². The van der Waals surface area contributed by atoms with Crippen molar-refractivity contribution in [3.8, 4) is 5.69 Å². The van der Waals surface area contributed by atoms with Crippen LogP contribution in [0.25, 0.3) is 16.5 Å². The highest BCUT2D eigenvalue weighted by atomic mass is 32.2. The fraction of sp³-hybridized carbons (Fsp3) is 0.111. The van der Waals surface area contributed by atoms with Crippen LogP contribution < -0.4 is 10.2 Å². The van der Waals surface area contributed by atoms with E-state index in [9.17, 15) is 10.1 Å². The zero-order valence-electron chi connectivity index (χ0n) is 24.6. The molecule has 9 heteroatoms. The Hall–Kier alpha value is -4.99. The van der Waals surface area contributed by atoms with Gasteiger partial charge in [-0.15, -0.1) is 0 Å². The summed E-state index contributed by atoms with van der Waals surface area (Å²) in [7, 11) is 0. The number of thiocarbonyl (C=S) groups is 1. The minimum atomic E-state index is -0.385. The number of hydrogen-bond donors (Lipinski definition) is 1. The Bertz CT molecular complexity index is 2040. The Morgan fingerprint density at radius 2 is 1.56 bits per heavy atom. The molecule has 3 heterocycles. The van der Waals surface area contributed by atoms with Crippen molar-refractivity contribution in [2.24, 2.45) is 0 Å². The molecule has 7 nitrogen and oxygen atoms in total. The average Bonchev–Trinajstić information content (AvgIpc) is 3.56. The molecule has 1 fully saturated rings. The van der Waals surface area contributed by atoms with E-state index in [1.165, 1.54) is 28.5 Å². The number of aromatic nitrogens is 2. The lowest BCUT2D eigenvalue weighted by molar-refractivity contribution is -0.384. The molecule has 222 valence electrons. The number of aryl methyl sites for hydroxylation is 1. The van der Waals surface area contributed by atoms with Crippen molar-refractivity contribution in [3.05, 3.63) is 154 Å². The van der Waals surface area contributed by atoms with E-state index in [2.05, 4.69) is 101 Å². The number of fused-ring (bicyclic) bond motifs is 1. The molecule has 0 unspecified atom stereocenters. The zero-order valence-corrected chi connectivity index (χ0v) is 26.3. The number of pyridine rings is 1. The van der Waals surface area contributed by atoms with Crippen molar-refractivity contribution < 1.29 is 4.92 Å². The molecule has 0 radical (unpaired) electrons. The minimum Gasteiger partial charge on any atom is -0.351 e. The van der Waals surface area contributed by atoms with E-state index in [4.69, 9.17) is 17.2 Å². The third kappa shape index (κ3) is 5.34. The topological polar surface area (TPSA) is 76.2 Å². The molecule has 45 heavy (non-hydrogen) atoms. The van der Waals surface area contributed by atoms with Gasteiger partial charge in [0.25, 0.3) is 5.69 Å². The first-order valence-corrected chi connectivity index (χ1v) is 15.8. The summed E-state index contributed by atoms with van der Waals surface area (Å²) in [5, 5.41) is 17.7. The van der Waals surface area contributed by atoms with Crippen LogP contribution in [0.1, 0.15) is 34.7 Å². The first-order chi connectivity index (χ1) is 21.9. The van der Waals surface area contributed by atoms with E-state index in [-0.39, 0.29) is 22.7 Å². The predicted molar refractivity (Wildman–Crippen MR) is 184 cm³/mol. The number of nitrogens with one attached hydrogen (secondary N) is 1. The number of anilines is 1. The highest BCUT2D eigenvalue weighted by Gasteiger charge is 2.42. The van der Waals surface area contributed by atoms with Crippen molar-refractivity contribution in [2.45, 2.75) is 35.7 Å². The van der Waals surface area contributed by atoms with Crippen LogP contribution in [-0.2, 0) is 0 Å². The van der Waals surface area contributed by atoms with Gasteiger partial charge in [-0.1, -0.05) is 54.2 Å². The molecule has 0 aliphatic carbocycles. The average molecular weight is 628 g/mol. The number of nitrogens with zero attached hydrogens (tertiary/aromatic N) is 4. The van der Waals surface area contributed by atoms with E-state index in [1.54, 1.807) is 23.9 Å². The van der Waals surface area contributed by atoms with Gasteiger partial charge in [-0.05, 0) is 97.7 Å². The maximum Gasteiger partial charge on any atom is 0.269 e. The molecule has 0 bridgehead atoms. The first-order valence-electron chi connectivity index (χ1n) is 14.6. The lowest BCUT2D eigenvalue weighted by Gasteiger charge is -2.28. The molecule has 7 rings (SSSR count). The summed E-state index contributed by atoms with van der Waals surface area (Å²) in [6.45, 7) is 4.34. The Morgan fingerprint density at radius 3 is 2.27 bits per heavy atom. The molecule has 6 aromatic rings. The quantitative estimate of drug-likeness (QED) is 0.108. The van der Waals surface area contributed by atoms with Crippen LogP contribution in [0.2, 0.25) is 0 Å². The van der Waals surface area contributed by atoms with E-state index in [1.807, 2.05) is 24.4 Å². The predicted octanol–water partition coefficient (Wildman–Crippen LogP) is 8.88. The van der Waals surface area contributed by atoms with Crippen molar-refractivity contribution in [1.82, 2.24) is 14.9 Å². The first kappa shape index (κ1) is 28.8. The number of hydrogen-bond acceptors (Lipinski definition) is 5. The molecule has 0 amide bonds. The highest BCUT2D eigenvalue weighted by molar-refractivity contribution is 7.99. The SMILES string of the molecule is Cc1cc([C@H]2[C@H](c3ccccn3)NC(=S)N2c2ccc(Sc3ccc([N+](=O)[O-])cc3)cc2)c(C)n1-c1cccc2ccccc12. The summed E-state index contributed by atoms with van der Waals surface area (Å²) in [4.78, 5) is 19.5. The highest BCUT2D eigenvalue weighted by Crippen LogP contribution is 2.44. The van der Waals surface area contributed by atoms with Crippen LogP contribution in [0.4, 0.5) is 11.4 Å². The standard InChI is InChI=1S/C36H29N5O2S2/c1-23-22-31(24(2)39(23)33-12-7-9-25-8-3-4-10-30(25)33)35-34(32-11-5-6-21-37-32)38-36(44)40(35)26-13-17-28(18-14-26)45-29-19-15-27(16-20-29)41(42)43/h3-22,34-35H,1-2H3,(H,38,44)/t34-,35-/m0/s1. The summed E-state index contributed by atoms with van der Waals surface area (Å²) in [6.07, 6.45) is 1.82. The number of non-ortho nitro benzene ring substituents is 1. The van der Waals surface area contributed by atoms with Crippen molar-refractivity contribution in [1.29, 1.82) is 0 Å². The summed E-state index contributed by atoms with van der Waals surface area (Å²) in [6, 6.07) is 37.8. The zero-order chi connectivity index (χ0) is 31.1. The van der Waals surface area contributed by atoms with Gasteiger partial charge in [0, 0.05) is 50.6 Å². The third-order valence-corrected chi connectivity index (χ3v) is 9.62. The summed E-state index contributed by atoms with van der Waals surface area (Å²) >= 11 is 7.57. The second-order valence-electron chi connectivity index (χ2n) is 11.0. The maximum atomic E-state index is 11.0. The number of nitro groups is 1. The normalized spacial score (nSPS) is 16.2. The van der Waals surface area contributed by atoms with Gasteiger partial charge in [0.1, 0.15) is 0 Å². The van der Waals surface area contributed by atoms with Gasteiger partial charge in [0.2, 0.25) is 0 Å². The fourth-order valence-electron chi connectivity index (χ4n) is 6.26. The molecule has 0 spiro atoms. The Kier molecular flexibility index (Phi) is 7.56. The molecule has 1 aliphatic rings. The lowest BCUT2D eigenvalue weighted by atomic mass is 9.96. The van der Waals surface area contributed by atoms with Gasteiger partial charge < -0.3 is 14.8 Å². The summed E-state index contributed by atoms with van der Waals surface area (Å²) in [5.41, 5.74) is 6.59. The Morgan fingerprint density at radius 1 is 0.867 bits per heavy atom. The van der Waals surface area contributed by atoms with Gasteiger partial charge in [-0.25, -0.2) is 0 Å². The van der Waals surface area contributed by atoms with Crippen molar-refractivity contribution in [2.75, 3.05) is 4.90 Å². The molecule has 2 aromatic heterocycles. The van der Waals surface area contributed by atoms with Gasteiger partial charge in [0.05, 0.1) is 28.4 Å². The van der Waals surface area contributed by atoms with Crippen LogP contribution in [0, 0.1) is 24.0 Å². The van der Waals surface area contributed by atoms with Crippen molar-refractivity contribution in [3.63, 3.8) is 0 Å². The second kappa shape index (κ2) is 11.8. The van der Waals surface area contributed by atoms with Gasteiger partial charge >= 0.3 is 0 Å². The number of benzene rings is 4. The Labute approximate surface area is 270 Å². The second-order valence-corrected chi connectivity index (χ2v) is 12.5. The van der Waals surface area contributed by atoms with Crippen LogP contribution in [0.15, 0.2) is 131 Å². The molecule has 1 N–H and O–H groups in total. The molecule has 2 atom stereocenters. The van der Waals surface area contributed by atoms with Crippen LogP contribution >= 0.6 is 24.0 Å². The number of rotatable bonds is 7. The van der Waals surface area contributed by atoms with E-state index >= 15 is 0 Å². The molecular weight excluding hydrogens is 599 g/mol. The summed E-state index contributed by atoms with van der Waals surface area (Å²) < 4.78 is 2.34. The van der Waals surface area contributed by atoms with Crippen LogP contribution in [-0.4, -0.2) is 19.6 Å². The van der Waals surface area contributed by atoms with E-state index in [0.29, 0.717) is 5.11 Å². The van der Waals surface area contributed by atoms with Gasteiger partial charge in [-0.3, -0.25) is 15.1 Å². The van der Waals surface area contributed by atoms with E-state index in [0.717, 1.165) is 38.2 Å². The minimum absolute atomic E-state index is 0.0815. The molecular formula is C36H29N5O2S2. The fourth-order valence-corrected chi connectivity index (χ4v) is 7.42. The molecule has 0 saturated carbocycles. The van der Waals surface area contributed by atoms with Crippen LogP contribution in [0.3, 0.4) is 0 Å². The van der Waals surface area contributed by atoms with Crippen molar-refractivity contribution >= 4 is 51.2 Å². The Balaban J connectivity index is 1.28. The monoisotopic (exact) mass is 627 g/mol. The maximum absolute atomic E-state index is 11.0. The largest absolute Gasteiger partial charge is 0.351 e. The smallest absolute Gasteiger partial charge is 0.269 e. The van der Waals surface area contributed by atoms with Gasteiger partial charge in [-0.2, -0.15) is 0 Å². The summed E-state index contributed by atoms with van der Waals surface area (Å²) in [5.74, 6) is 0. The third-order valence-electron chi connectivity index (χ3n) is 8.29. The molecule has 4 aromatic carbocycles.